The molecular formula is C9H18NO2S. The van der Waals surface area contributed by atoms with Crippen LogP contribution in [-0.4, -0.2) is 25.5 Å². The van der Waals surface area contributed by atoms with Crippen molar-refractivity contribution in [2.45, 2.75) is 43.8 Å². The molecule has 1 aliphatic rings. The van der Waals surface area contributed by atoms with Gasteiger partial charge in [0.15, 0.2) is 9.84 Å². The Kier molecular flexibility index (Phi) is 3.35. The predicted octanol–water partition coefficient (Wildman–Crippen LogP) is 1.41. The van der Waals surface area contributed by atoms with E-state index in [1.54, 1.807) is 6.92 Å². The van der Waals surface area contributed by atoms with E-state index in [0.717, 1.165) is 19.3 Å². The van der Waals surface area contributed by atoms with Gasteiger partial charge in [0.25, 0.3) is 0 Å². The highest BCUT2D eigenvalue weighted by Gasteiger charge is 2.42. The Balaban J connectivity index is 2.91. The molecule has 13 heavy (non-hydrogen) atoms. The molecule has 0 aromatic carbocycles. The van der Waals surface area contributed by atoms with Crippen LogP contribution in [0.2, 0.25) is 0 Å². The molecule has 0 saturated heterocycles. The Morgan fingerprint density at radius 1 is 1.23 bits per heavy atom. The van der Waals surface area contributed by atoms with Gasteiger partial charge in [0, 0.05) is 12.3 Å². The zero-order valence-electron chi connectivity index (χ0n) is 8.17. The molecule has 0 bridgehead atoms. The fraction of sp³-hybridized carbons (Fsp3) is 1.00. The van der Waals surface area contributed by atoms with Crippen LogP contribution in [0.4, 0.5) is 0 Å². The first-order valence-corrected chi connectivity index (χ1v) is 6.60. The average Bonchev–Trinajstić information content (AvgIpc) is 2.18. The van der Waals surface area contributed by atoms with Gasteiger partial charge in [0.05, 0.1) is 4.75 Å². The molecule has 3 nitrogen and oxygen atoms in total. The van der Waals surface area contributed by atoms with Gasteiger partial charge in [0.2, 0.25) is 0 Å². The maximum absolute atomic E-state index is 11.8. The van der Waals surface area contributed by atoms with E-state index in [4.69, 9.17) is 5.73 Å². The monoisotopic (exact) mass is 204 g/mol. The summed E-state index contributed by atoms with van der Waals surface area (Å²) in [4.78, 5) is 0. The fourth-order valence-electron chi connectivity index (χ4n) is 2.10. The van der Waals surface area contributed by atoms with Crippen molar-refractivity contribution in [3.8, 4) is 0 Å². The van der Waals surface area contributed by atoms with Crippen molar-refractivity contribution in [1.29, 1.82) is 0 Å². The lowest BCUT2D eigenvalue weighted by atomic mass is 9.88. The van der Waals surface area contributed by atoms with Crippen LogP contribution in [0.1, 0.15) is 39.0 Å². The topological polar surface area (TPSA) is 57.9 Å². The van der Waals surface area contributed by atoms with Crippen LogP contribution in [0.15, 0.2) is 0 Å². The number of hydrogen-bond acceptors (Lipinski definition) is 2. The van der Waals surface area contributed by atoms with E-state index in [0.29, 0.717) is 12.8 Å². The first kappa shape index (κ1) is 11.0. The minimum atomic E-state index is -3.02. The summed E-state index contributed by atoms with van der Waals surface area (Å²) in [6, 6.07) is 0. The smallest absolute Gasteiger partial charge is 0.157 e. The van der Waals surface area contributed by atoms with Gasteiger partial charge in [-0.1, -0.05) is 26.2 Å². The van der Waals surface area contributed by atoms with Crippen LogP contribution < -0.4 is 5.73 Å². The molecule has 0 atom stereocenters. The van der Waals surface area contributed by atoms with Crippen molar-refractivity contribution in [2.75, 3.05) is 12.3 Å². The lowest BCUT2D eigenvalue weighted by Gasteiger charge is -2.34. The van der Waals surface area contributed by atoms with E-state index in [1.165, 1.54) is 0 Å². The van der Waals surface area contributed by atoms with Gasteiger partial charge in [-0.05, 0) is 12.8 Å². The molecule has 0 aromatic heterocycles. The molecule has 1 radical (unpaired) electrons. The van der Waals surface area contributed by atoms with E-state index >= 15 is 0 Å². The molecule has 1 N–H and O–H groups in total. The van der Waals surface area contributed by atoms with Gasteiger partial charge in [-0.25, -0.2) is 8.42 Å². The molecule has 0 heterocycles. The van der Waals surface area contributed by atoms with Crippen molar-refractivity contribution in [1.82, 2.24) is 5.73 Å². The lowest BCUT2D eigenvalue weighted by Crippen LogP contribution is -2.45. The Morgan fingerprint density at radius 2 is 1.77 bits per heavy atom. The van der Waals surface area contributed by atoms with E-state index in [-0.39, 0.29) is 12.3 Å². The maximum Gasteiger partial charge on any atom is 0.157 e. The third-order valence-corrected chi connectivity index (χ3v) is 5.76. The zero-order valence-corrected chi connectivity index (χ0v) is 8.99. The third-order valence-electron chi connectivity index (χ3n) is 3.13. The quantitative estimate of drug-likeness (QED) is 0.698. The number of rotatable bonds is 3. The first-order chi connectivity index (χ1) is 6.08. The maximum atomic E-state index is 11.8. The number of sulfone groups is 1. The summed E-state index contributed by atoms with van der Waals surface area (Å²) < 4.78 is 22.9. The van der Waals surface area contributed by atoms with Crippen LogP contribution in [0.3, 0.4) is 0 Å². The second-order valence-electron chi connectivity index (χ2n) is 3.82. The SMILES string of the molecule is CCS(=O)(=O)C1(C[NH])CCCCC1. The zero-order chi connectivity index (χ0) is 9.95. The highest BCUT2D eigenvalue weighted by Crippen LogP contribution is 2.35. The molecule has 4 heteroatoms. The first-order valence-electron chi connectivity index (χ1n) is 4.95. The second kappa shape index (κ2) is 3.96. The standard InChI is InChI=1S/C9H18NO2S/c1-2-13(11,12)9(8-10)6-4-3-5-7-9/h10H,2-8H2,1H3. The van der Waals surface area contributed by atoms with Crippen molar-refractivity contribution in [3.63, 3.8) is 0 Å². The fourth-order valence-corrected chi connectivity index (χ4v) is 3.84. The third kappa shape index (κ3) is 1.89. The minimum Gasteiger partial charge on any atom is -0.256 e. The molecule has 0 spiro atoms. The Labute approximate surface area is 80.6 Å². The second-order valence-corrected chi connectivity index (χ2v) is 6.50. The predicted molar refractivity (Wildman–Crippen MR) is 53.2 cm³/mol. The van der Waals surface area contributed by atoms with Crippen LogP contribution in [0, 0.1) is 0 Å². The summed E-state index contributed by atoms with van der Waals surface area (Å²) in [6.45, 7) is 1.73. The molecule has 0 unspecified atom stereocenters. The van der Waals surface area contributed by atoms with Crippen LogP contribution in [-0.2, 0) is 9.84 Å². The van der Waals surface area contributed by atoms with Crippen molar-refractivity contribution in [3.05, 3.63) is 0 Å². The molecule has 1 rings (SSSR count). The summed E-state index contributed by atoms with van der Waals surface area (Å²) in [5, 5.41) is 0. The van der Waals surface area contributed by atoms with Crippen LogP contribution in [0.25, 0.3) is 0 Å². The summed E-state index contributed by atoms with van der Waals surface area (Å²) in [5.74, 6) is 0.186. The van der Waals surface area contributed by atoms with Gasteiger partial charge in [-0.2, -0.15) is 0 Å². The van der Waals surface area contributed by atoms with Crippen molar-refractivity contribution >= 4 is 9.84 Å². The highest BCUT2D eigenvalue weighted by molar-refractivity contribution is 7.92. The van der Waals surface area contributed by atoms with Crippen LogP contribution in [0.5, 0.6) is 0 Å². The van der Waals surface area contributed by atoms with Gasteiger partial charge >= 0.3 is 0 Å². The van der Waals surface area contributed by atoms with E-state index in [1.807, 2.05) is 0 Å². The molecule has 0 aromatic rings. The van der Waals surface area contributed by atoms with Gasteiger partial charge < -0.3 is 0 Å². The van der Waals surface area contributed by atoms with Gasteiger partial charge in [-0.3, -0.25) is 5.73 Å². The Hall–Kier alpha value is -0.0900. The lowest BCUT2D eigenvalue weighted by molar-refractivity contribution is 0.376. The molecule has 1 aliphatic carbocycles. The highest BCUT2D eigenvalue weighted by atomic mass is 32.2. The molecule has 0 amide bonds. The van der Waals surface area contributed by atoms with Crippen LogP contribution >= 0.6 is 0 Å². The van der Waals surface area contributed by atoms with Gasteiger partial charge in [-0.15, -0.1) is 0 Å². The minimum absolute atomic E-state index is 0.0448. The number of hydrogen-bond donors (Lipinski definition) is 0. The molecule has 0 aliphatic heterocycles. The summed E-state index contributed by atoms with van der Waals surface area (Å²) in [6.07, 6.45) is 4.47. The van der Waals surface area contributed by atoms with E-state index in [2.05, 4.69) is 0 Å². The Morgan fingerprint density at radius 3 is 2.15 bits per heavy atom. The molecule has 77 valence electrons. The van der Waals surface area contributed by atoms with Crippen molar-refractivity contribution < 1.29 is 8.42 Å². The Bertz CT molecular complexity index is 253. The largest absolute Gasteiger partial charge is 0.256 e. The normalized spacial score (nSPS) is 22.9. The number of nitrogens with one attached hydrogen (secondary N) is 1. The average molecular weight is 204 g/mol. The van der Waals surface area contributed by atoms with E-state index < -0.39 is 14.6 Å². The molecular weight excluding hydrogens is 186 g/mol. The summed E-state index contributed by atoms with van der Waals surface area (Å²) in [5.41, 5.74) is 7.42. The molecule has 1 fully saturated rings. The van der Waals surface area contributed by atoms with Crippen molar-refractivity contribution in [2.24, 2.45) is 0 Å². The van der Waals surface area contributed by atoms with E-state index in [9.17, 15) is 8.42 Å². The summed E-state index contributed by atoms with van der Waals surface area (Å²) in [7, 11) is -3.02. The molecule has 1 saturated carbocycles. The van der Waals surface area contributed by atoms with Gasteiger partial charge in [0.1, 0.15) is 0 Å². The summed E-state index contributed by atoms with van der Waals surface area (Å²) >= 11 is 0.